The molecule has 6 nitrogen and oxygen atoms in total. The zero-order valence-electron chi connectivity index (χ0n) is 14.2. The standard InChI is InChI=1S/C19H19BrN2O4/c1-26-14-8-6-13(7-9-14)12-17(19(25)21-10-11-23)22-18(24)15-4-2-3-5-16(15)20/h2-9,12,23H,10-11H2,1H3,(H,21,25)(H,22,24)/b17-12+. The quantitative estimate of drug-likeness (QED) is 0.602. The Kier molecular flexibility index (Phi) is 7.37. The summed E-state index contributed by atoms with van der Waals surface area (Å²) in [5, 5.41) is 14.1. The van der Waals surface area contributed by atoms with Crippen LogP contribution >= 0.6 is 15.9 Å². The summed E-state index contributed by atoms with van der Waals surface area (Å²) in [5.41, 5.74) is 1.19. The van der Waals surface area contributed by atoms with Crippen LogP contribution in [0.15, 0.2) is 58.7 Å². The number of benzene rings is 2. The second-order valence-corrected chi connectivity index (χ2v) is 6.10. The van der Waals surface area contributed by atoms with E-state index in [1.807, 2.05) is 0 Å². The number of aliphatic hydroxyl groups is 1. The lowest BCUT2D eigenvalue weighted by molar-refractivity contribution is -0.117. The first-order valence-corrected chi connectivity index (χ1v) is 8.65. The fourth-order valence-corrected chi connectivity index (χ4v) is 2.59. The van der Waals surface area contributed by atoms with Gasteiger partial charge in [0.1, 0.15) is 11.4 Å². The third kappa shape index (κ3) is 5.44. The van der Waals surface area contributed by atoms with E-state index in [-0.39, 0.29) is 18.8 Å². The molecule has 0 spiro atoms. The predicted molar refractivity (Wildman–Crippen MR) is 103 cm³/mol. The molecule has 0 bridgehead atoms. The van der Waals surface area contributed by atoms with E-state index in [1.165, 1.54) is 0 Å². The van der Waals surface area contributed by atoms with E-state index in [1.54, 1.807) is 61.7 Å². The van der Waals surface area contributed by atoms with Crippen LogP contribution in [0, 0.1) is 0 Å². The molecule has 0 saturated heterocycles. The molecule has 2 aromatic carbocycles. The molecule has 2 amide bonds. The molecule has 7 heteroatoms. The molecule has 0 radical (unpaired) electrons. The number of aliphatic hydroxyl groups excluding tert-OH is 1. The van der Waals surface area contributed by atoms with Crippen molar-refractivity contribution in [1.82, 2.24) is 10.6 Å². The van der Waals surface area contributed by atoms with Crippen molar-refractivity contribution in [2.45, 2.75) is 0 Å². The zero-order valence-corrected chi connectivity index (χ0v) is 15.7. The summed E-state index contributed by atoms with van der Waals surface area (Å²) in [6.07, 6.45) is 1.56. The molecule has 0 aliphatic rings. The van der Waals surface area contributed by atoms with E-state index in [9.17, 15) is 9.59 Å². The molecule has 0 aliphatic heterocycles. The van der Waals surface area contributed by atoms with Crippen molar-refractivity contribution in [2.75, 3.05) is 20.3 Å². The lowest BCUT2D eigenvalue weighted by atomic mass is 10.1. The minimum absolute atomic E-state index is 0.0735. The minimum atomic E-state index is -0.490. The summed E-state index contributed by atoms with van der Waals surface area (Å²) in [6.45, 7) is -0.108. The highest BCUT2D eigenvalue weighted by Crippen LogP contribution is 2.17. The first-order valence-electron chi connectivity index (χ1n) is 7.86. The van der Waals surface area contributed by atoms with E-state index in [0.29, 0.717) is 21.3 Å². The third-order valence-electron chi connectivity index (χ3n) is 3.44. The number of rotatable bonds is 7. The molecule has 0 saturated carbocycles. The fourth-order valence-electron chi connectivity index (χ4n) is 2.12. The Balaban J connectivity index is 2.28. The maximum atomic E-state index is 12.5. The van der Waals surface area contributed by atoms with Crippen molar-refractivity contribution in [3.05, 3.63) is 69.8 Å². The van der Waals surface area contributed by atoms with E-state index < -0.39 is 11.8 Å². The lowest BCUT2D eigenvalue weighted by Crippen LogP contribution is -2.36. The number of nitrogens with one attached hydrogen (secondary N) is 2. The number of carbonyl (C=O) groups excluding carboxylic acids is 2. The Hall–Kier alpha value is -2.64. The Morgan fingerprint density at radius 1 is 1.15 bits per heavy atom. The van der Waals surface area contributed by atoms with Gasteiger partial charge in [0.2, 0.25) is 0 Å². The van der Waals surface area contributed by atoms with Crippen molar-refractivity contribution in [1.29, 1.82) is 0 Å². The molecule has 3 N–H and O–H groups in total. The summed E-state index contributed by atoms with van der Waals surface area (Å²) in [6, 6.07) is 14.0. The lowest BCUT2D eigenvalue weighted by Gasteiger charge is -2.11. The van der Waals surface area contributed by atoms with Gasteiger partial charge in [-0.25, -0.2) is 0 Å². The molecule has 0 atom stereocenters. The highest BCUT2D eigenvalue weighted by Gasteiger charge is 2.16. The van der Waals surface area contributed by atoms with E-state index in [2.05, 4.69) is 26.6 Å². The van der Waals surface area contributed by atoms with Crippen molar-refractivity contribution < 1.29 is 19.4 Å². The number of methoxy groups -OCH3 is 1. The van der Waals surface area contributed by atoms with Gasteiger partial charge in [0.25, 0.3) is 11.8 Å². The largest absolute Gasteiger partial charge is 0.497 e. The van der Waals surface area contributed by atoms with Crippen molar-refractivity contribution in [3.63, 3.8) is 0 Å². The van der Waals surface area contributed by atoms with Crippen LogP contribution in [0.1, 0.15) is 15.9 Å². The predicted octanol–water partition coefficient (Wildman–Crippen LogP) is 2.34. The van der Waals surface area contributed by atoms with Crippen LogP contribution in [-0.2, 0) is 4.79 Å². The summed E-state index contributed by atoms with van der Waals surface area (Å²) in [4.78, 5) is 24.9. The molecule has 2 aromatic rings. The summed E-state index contributed by atoms with van der Waals surface area (Å²) in [5.74, 6) is -0.225. The summed E-state index contributed by atoms with van der Waals surface area (Å²) < 4.78 is 5.73. The normalized spacial score (nSPS) is 11.0. The van der Waals surface area contributed by atoms with Gasteiger partial charge < -0.3 is 20.5 Å². The van der Waals surface area contributed by atoms with Gasteiger partial charge in [-0.1, -0.05) is 24.3 Å². The molecular formula is C19H19BrN2O4. The van der Waals surface area contributed by atoms with Crippen LogP contribution in [0.2, 0.25) is 0 Å². The molecule has 0 fully saturated rings. The second kappa shape index (κ2) is 9.74. The van der Waals surface area contributed by atoms with E-state index >= 15 is 0 Å². The average Bonchev–Trinajstić information content (AvgIpc) is 2.66. The van der Waals surface area contributed by atoms with Gasteiger partial charge in [-0.05, 0) is 51.8 Å². The molecule has 26 heavy (non-hydrogen) atoms. The van der Waals surface area contributed by atoms with Gasteiger partial charge in [0, 0.05) is 11.0 Å². The van der Waals surface area contributed by atoms with Crippen LogP contribution < -0.4 is 15.4 Å². The number of ether oxygens (including phenoxy) is 1. The summed E-state index contributed by atoms with van der Waals surface area (Å²) >= 11 is 3.32. The van der Waals surface area contributed by atoms with Crippen LogP contribution in [0.4, 0.5) is 0 Å². The Morgan fingerprint density at radius 2 is 1.85 bits per heavy atom. The Labute approximate surface area is 160 Å². The van der Waals surface area contributed by atoms with Crippen molar-refractivity contribution in [3.8, 4) is 5.75 Å². The van der Waals surface area contributed by atoms with Crippen molar-refractivity contribution >= 4 is 33.8 Å². The van der Waals surface area contributed by atoms with Gasteiger partial charge in [-0.2, -0.15) is 0 Å². The Morgan fingerprint density at radius 3 is 2.46 bits per heavy atom. The molecule has 0 unspecified atom stereocenters. The van der Waals surface area contributed by atoms with Crippen LogP contribution in [0.25, 0.3) is 6.08 Å². The van der Waals surface area contributed by atoms with Crippen LogP contribution in [0.5, 0.6) is 5.75 Å². The van der Waals surface area contributed by atoms with Gasteiger partial charge in [-0.15, -0.1) is 0 Å². The van der Waals surface area contributed by atoms with Crippen molar-refractivity contribution in [2.24, 2.45) is 0 Å². The number of hydrogen-bond acceptors (Lipinski definition) is 4. The van der Waals surface area contributed by atoms with Gasteiger partial charge in [0.15, 0.2) is 0 Å². The monoisotopic (exact) mass is 418 g/mol. The van der Waals surface area contributed by atoms with Gasteiger partial charge in [0.05, 0.1) is 19.3 Å². The molecule has 0 aromatic heterocycles. The summed E-state index contributed by atoms with van der Waals surface area (Å²) in [7, 11) is 1.57. The average molecular weight is 419 g/mol. The SMILES string of the molecule is COc1ccc(/C=C(/NC(=O)c2ccccc2Br)C(=O)NCCO)cc1. The second-order valence-electron chi connectivity index (χ2n) is 5.24. The smallest absolute Gasteiger partial charge is 0.267 e. The first kappa shape index (κ1) is 19.7. The minimum Gasteiger partial charge on any atom is -0.497 e. The maximum absolute atomic E-state index is 12.5. The first-order chi connectivity index (χ1) is 12.5. The van der Waals surface area contributed by atoms with Gasteiger partial charge in [-0.3, -0.25) is 9.59 Å². The molecule has 136 valence electrons. The number of amides is 2. The molecule has 0 aliphatic carbocycles. The van der Waals surface area contributed by atoms with E-state index in [0.717, 1.165) is 0 Å². The van der Waals surface area contributed by atoms with Crippen LogP contribution in [-0.4, -0.2) is 37.2 Å². The maximum Gasteiger partial charge on any atom is 0.267 e. The fraction of sp³-hybridized carbons (Fsp3) is 0.158. The number of carbonyl (C=O) groups is 2. The Bertz CT molecular complexity index is 803. The number of halogens is 1. The highest BCUT2D eigenvalue weighted by atomic mass is 79.9. The zero-order chi connectivity index (χ0) is 18.9. The number of hydrogen-bond donors (Lipinski definition) is 3. The molecule has 0 heterocycles. The third-order valence-corrected chi connectivity index (χ3v) is 4.13. The van der Waals surface area contributed by atoms with E-state index in [4.69, 9.17) is 9.84 Å². The van der Waals surface area contributed by atoms with Crippen LogP contribution in [0.3, 0.4) is 0 Å². The molecule has 2 rings (SSSR count). The molecular weight excluding hydrogens is 400 g/mol. The topological polar surface area (TPSA) is 87.7 Å². The van der Waals surface area contributed by atoms with Gasteiger partial charge >= 0.3 is 0 Å². The highest BCUT2D eigenvalue weighted by molar-refractivity contribution is 9.10.